The fourth-order valence-electron chi connectivity index (χ4n) is 6.70. The largest absolute Gasteiger partial charge is 0.495 e. The topological polar surface area (TPSA) is 21.7 Å². The molecule has 41 heavy (non-hydrogen) atoms. The second kappa shape index (κ2) is 9.21. The minimum atomic E-state index is -0.416. The standard InChI is InChI=1S/C37H38BNO2/c1-35(2)31-19-13-12-16-27(31)28-21-20-26(24-32(28)35)39(25-14-8-7-9-15-25)34-23-22-33(29-17-10-11-18-30(29)34)38-40-36(3,4)37(5,6)41-38/h8,10-24H,7,9H2,1-6H3. The summed E-state index contributed by atoms with van der Waals surface area (Å²) in [5.41, 5.74) is 9.22. The highest BCUT2D eigenvalue weighted by atomic mass is 16.7. The average Bonchev–Trinajstić information content (AvgIpc) is 3.33. The lowest BCUT2D eigenvalue weighted by molar-refractivity contribution is 0.00578. The molecule has 1 aliphatic heterocycles. The molecule has 7 rings (SSSR count). The molecule has 4 aromatic rings. The average molecular weight is 540 g/mol. The highest BCUT2D eigenvalue weighted by Crippen LogP contribution is 2.50. The van der Waals surface area contributed by atoms with Crippen LogP contribution < -0.4 is 10.4 Å². The maximum absolute atomic E-state index is 6.51. The summed E-state index contributed by atoms with van der Waals surface area (Å²) in [6.45, 7) is 13.1. The number of allylic oxidation sites excluding steroid dienone is 3. The van der Waals surface area contributed by atoms with Crippen LogP contribution in [0.2, 0.25) is 0 Å². The molecule has 0 aromatic heterocycles. The molecule has 206 valence electrons. The van der Waals surface area contributed by atoms with Gasteiger partial charge >= 0.3 is 7.12 Å². The van der Waals surface area contributed by atoms with E-state index in [2.05, 4.69) is 144 Å². The van der Waals surface area contributed by atoms with Gasteiger partial charge in [-0.1, -0.05) is 86.7 Å². The fraction of sp³-hybridized carbons (Fsp3) is 0.297. The van der Waals surface area contributed by atoms with Gasteiger partial charge in [0.25, 0.3) is 0 Å². The summed E-state index contributed by atoms with van der Waals surface area (Å²) in [5, 5.41) is 2.34. The Balaban J connectivity index is 1.40. The van der Waals surface area contributed by atoms with Gasteiger partial charge in [0, 0.05) is 22.2 Å². The second-order valence-corrected chi connectivity index (χ2v) is 13.2. The summed E-state index contributed by atoms with van der Waals surface area (Å²) in [4.78, 5) is 2.44. The zero-order valence-electron chi connectivity index (χ0n) is 25.0. The van der Waals surface area contributed by atoms with Crippen molar-refractivity contribution in [2.45, 2.75) is 71.0 Å². The number of hydrogen-bond donors (Lipinski definition) is 0. The number of anilines is 2. The molecule has 0 bridgehead atoms. The lowest BCUT2D eigenvalue weighted by atomic mass is 9.75. The summed E-state index contributed by atoms with van der Waals surface area (Å²) >= 11 is 0. The van der Waals surface area contributed by atoms with Gasteiger partial charge in [-0.15, -0.1) is 0 Å². The Labute approximate surface area is 244 Å². The number of hydrogen-bond acceptors (Lipinski definition) is 3. The van der Waals surface area contributed by atoms with Crippen LogP contribution in [0, 0.1) is 0 Å². The van der Waals surface area contributed by atoms with Crippen LogP contribution in [0.3, 0.4) is 0 Å². The minimum absolute atomic E-state index is 0.0624. The highest BCUT2D eigenvalue weighted by Gasteiger charge is 2.52. The van der Waals surface area contributed by atoms with Gasteiger partial charge < -0.3 is 14.2 Å². The van der Waals surface area contributed by atoms with Crippen LogP contribution in [0.4, 0.5) is 11.4 Å². The molecular weight excluding hydrogens is 501 g/mol. The normalized spacial score (nSPS) is 19.7. The van der Waals surface area contributed by atoms with Gasteiger partial charge in [-0.2, -0.15) is 0 Å². The number of fused-ring (bicyclic) bond motifs is 4. The van der Waals surface area contributed by atoms with Crippen LogP contribution >= 0.6 is 0 Å². The van der Waals surface area contributed by atoms with Crippen molar-refractivity contribution in [1.82, 2.24) is 0 Å². The summed E-state index contributed by atoms with van der Waals surface area (Å²) in [6.07, 6.45) is 9.04. The van der Waals surface area contributed by atoms with Crippen LogP contribution in [0.15, 0.2) is 103 Å². The third-order valence-electron chi connectivity index (χ3n) is 9.74. The Bertz CT molecular complexity index is 1730. The molecule has 0 amide bonds. The van der Waals surface area contributed by atoms with Crippen molar-refractivity contribution in [2.24, 2.45) is 0 Å². The first kappa shape index (κ1) is 26.3. The number of nitrogens with zero attached hydrogens (tertiary/aromatic N) is 1. The molecule has 4 heteroatoms. The molecule has 1 saturated heterocycles. The summed E-state index contributed by atoms with van der Waals surface area (Å²) in [5.74, 6) is 0. The van der Waals surface area contributed by atoms with Crippen molar-refractivity contribution in [1.29, 1.82) is 0 Å². The molecule has 0 N–H and O–H groups in total. The maximum Gasteiger partial charge on any atom is 0.495 e. The van der Waals surface area contributed by atoms with E-state index < -0.39 is 18.3 Å². The Kier molecular flexibility index (Phi) is 5.91. The van der Waals surface area contributed by atoms with Gasteiger partial charge in [0.05, 0.1) is 16.9 Å². The summed E-state index contributed by atoms with van der Waals surface area (Å²) < 4.78 is 13.0. The molecule has 3 nitrogen and oxygen atoms in total. The van der Waals surface area contributed by atoms with Crippen molar-refractivity contribution in [3.05, 3.63) is 114 Å². The van der Waals surface area contributed by atoms with Crippen molar-refractivity contribution < 1.29 is 9.31 Å². The Hall–Kier alpha value is -3.60. The minimum Gasteiger partial charge on any atom is -0.399 e. The maximum atomic E-state index is 6.51. The van der Waals surface area contributed by atoms with Gasteiger partial charge in [0.1, 0.15) is 0 Å². The molecule has 0 saturated carbocycles. The first-order chi connectivity index (χ1) is 19.6. The molecule has 0 spiro atoms. The lowest BCUT2D eigenvalue weighted by Gasteiger charge is -2.32. The summed E-state index contributed by atoms with van der Waals surface area (Å²) in [7, 11) is -0.416. The third kappa shape index (κ3) is 4.03. The van der Waals surface area contributed by atoms with Crippen LogP contribution in [0.1, 0.15) is 65.5 Å². The van der Waals surface area contributed by atoms with E-state index in [1.54, 1.807) is 0 Å². The molecule has 0 unspecified atom stereocenters. The first-order valence-corrected chi connectivity index (χ1v) is 14.9. The molecule has 1 fully saturated rings. The first-order valence-electron chi connectivity index (χ1n) is 14.9. The van der Waals surface area contributed by atoms with Crippen molar-refractivity contribution >= 4 is 34.7 Å². The van der Waals surface area contributed by atoms with Crippen molar-refractivity contribution in [3.63, 3.8) is 0 Å². The Morgan fingerprint density at radius 2 is 1.37 bits per heavy atom. The van der Waals surface area contributed by atoms with E-state index in [0.717, 1.165) is 29.4 Å². The number of rotatable bonds is 4. The smallest absolute Gasteiger partial charge is 0.399 e. The molecule has 3 aliphatic rings. The molecule has 0 atom stereocenters. The van der Waals surface area contributed by atoms with Crippen molar-refractivity contribution in [3.8, 4) is 11.1 Å². The van der Waals surface area contributed by atoms with E-state index in [1.165, 1.54) is 39.0 Å². The SMILES string of the molecule is CC1(C)c2ccccc2-c2ccc(N(C3=CCCC=C3)c3ccc(B4OC(C)(C)C(C)(C)O4)c4ccccc34)cc21. The summed E-state index contributed by atoms with van der Waals surface area (Å²) in [6, 6.07) is 29.0. The van der Waals surface area contributed by atoms with Crippen molar-refractivity contribution in [2.75, 3.05) is 4.90 Å². The molecule has 1 heterocycles. The molecule has 0 radical (unpaired) electrons. The van der Waals surface area contributed by atoms with E-state index >= 15 is 0 Å². The predicted octanol–water partition coefficient (Wildman–Crippen LogP) is 8.82. The van der Waals surface area contributed by atoms with Gasteiger partial charge in [0.2, 0.25) is 0 Å². The monoisotopic (exact) mass is 539 g/mol. The van der Waals surface area contributed by atoms with Gasteiger partial charge in [-0.25, -0.2) is 0 Å². The van der Waals surface area contributed by atoms with Crippen LogP contribution in [0.25, 0.3) is 21.9 Å². The Morgan fingerprint density at radius 3 is 2.10 bits per heavy atom. The van der Waals surface area contributed by atoms with E-state index in [9.17, 15) is 0 Å². The van der Waals surface area contributed by atoms with Gasteiger partial charge in [0.15, 0.2) is 0 Å². The predicted molar refractivity (Wildman–Crippen MR) is 172 cm³/mol. The third-order valence-corrected chi connectivity index (χ3v) is 9.74. The molecular formula is C37H38BNO2. The van der Waals surface area contributed by atoms with E-state index in [4.69, 9.17) is 9.31 Å². The van der Waals surface area contributed by atoms with Crippen LogP contribution in [-0.4, -0.2) is 18.3 Å². The zero-order chi connectivity index (χ0) is 28.6. The second-order valence-electron chi connectivity index (χ2n) is 13.2. The van der Waals surface area contributed by atoms with E-state index in [-0.39, 0.29) is 5.41 Å². The van der Waals surface area contributed by atoms with Crippen LogP contribution in [0.5, 0.6) is 0 Å². The van der Waals surface area contributed by atoms with E-state index in [0.29, 0.717) is 0 Å². The zero-order valence-corrected chi connectivity index (χ0v) is 25.0. The molecule has 2 aliphatic carbocycles. The lowest BCUT2D eigenvalue weighted by Crippen LogP contribution is -2.41. The quantitative estimate of drug-likeness (QED) is 0.242. The van der Waals surface area contributed by atoms with E-state index in [1.807, 2.05) is 0 Å². The Morgan fingerprint density at radius 1 is 0.683 bits per heavy atom. The van der Waals surface area contributed by atoms with Gasteiger partial charge in [-0.3, -0.25) is 0 Å². The highest BCUT2D eigenvalue weighted by molar-refractivity contribution is 6.65. The van der Waals surface area contributed by atoms with Crippen LogP contribution in [-0.2, 0) is 14.7 Å². The number of benzene rings is 4. The fourth-order valence-corrected chi connectivity index (χ4v) is 6.70. The molecule has 4 aromatic carbocycles. The van der Waals surface area contributed by atoms with Gasteiger partial charge in [-0.05, 0) is 97.9 Å².